The smallest absolute Gasteiger partial charge is 0.330 e. The van der Waals surface area contributed by atoms with Crippen molar-refractivity contribution in [3.63, 3.8) is 0 Å². The number of hydrogen-bond donors (Lipinski definition) is 1. The molecule has 3 heterocycles. The number of aryl methyl sites for hydroxylation is 2. The molecule has 2 aromatic carbocycles. The Labute approximate surface area is 219 Å². The standard InChI is InChI=1S/C29H37N7O/c1-6-22(4)36-27-23(19-35(29(36)37)26-20(2)8-7-9-21(26)3)18-30-28(32-27)31-24-10-12-25(13-11-24)34-16-14-33(5)15-17-34/h7-13,18,22H,6,14-17,19H2,1-5H3,(H,30,31,32). The van der Waals surface area contributed by atoms with Crippen LogP contribution < -0.4 is 20.0 Å². The number of rotatable bonds is 6. The average Bonchev–Trinajstić information content (AvgIpc) is 2.89. The summed E-state index contributed by atoms with van der Waals surface area (Å²) in [7, 11) is 2.17. The van der Waals surface area contributed by atoms with Crippen LogP contribution in [0, 0.1) is 13.8 Å². The SMILES string of the molecule is CCC(C)N1C(=O)N(c2c(C)cccc2C)Cc2cnc(Nc3ccc(N4CCN(C)CC4)cc3)nc21. The molecule has 1 unspecified atom stereocenters. The lowest BCUT2D eigenvalue weighted by molar-refractivity contribution is 0.247. The zero-order valence-corrected chi connectivity index (χ0v) is 22.5. The third kappa shape index (κ3) is 4.98. The van der Waals surface area contributed by atoms with E-state index >= 15 is 0 Å². The fourth-order valence-corrected chi connectivity index (χ4v) is 5.17. The first kappa shape index (κ1) is 25.0. The fraction of sp³-hybridized carbons (Fsp3) is 0.414. The number of fused-ring (bicyclic) bond motifs is 1. The number of piperazine rings is 1. The zero-order valence-electron chi connectivity index (χ0n) is 22.5. The number of carbonyl (C=O) groups is 1. The maximum Gasteiger partial charge on any atom is 0.330 e. The summed E-state index contributed by atoms with van der Waals surface area (Å²) in [4.78, 5) is 31.8. The van der Waals surface area contributed by atoms with Gasteiger partial charge < -0.3 is 15.1 Å². The Hall–Kier alpha value is -3.65. The molecule has 0 saturated carbocycles. The second kappa shape index (κ2) is 10.4. The summed E-state index contributed by atoms with van der Waals surface area (Å²) in [6.07, 6.45) is 2.68. The summed E-state index contributed by atoms with van der Waals surface area (Å²) >= 11 is 0. The minimum atomic E-state index is -0.0413. The maximum absolute atomic E-state index is 13.8. The normalized spacial score (nSPS) is 17.1. The van der Waals surface area contributed by atoms with Crippen molar-refractivity contribution in [3.8, 4) is 0 Å². The molecule has 0 bridgehead atoms. The van der Waals surface area contributed by atoms with Gasteiger partial charge in [0.25, 0.3) is 0 Å². The fourth-order valence-electron chi connectivity index (χ4n) is 5.17. The third-order valence-electron chi connectivity index (χ3n) is 7.57. The number of anilines is 5. The predicted molar refractivity (Wildman–Crippen MR) is 151 cm³/mol. The molecule has 1 atom stereocenters. The molecular weight excluding hydrogens is 462 g/mol. The highest BCUT2D eigenvalue weighted by atomic mass is 16.2. The topological polar surface area (TPSA) is 67.8 Å². The Kier molecular flexibility index (Phi) is 7.02. The van der Waals surface area contributed by atoms with Crippen molar-refractivity contribution >= 4 is 34.9 Å². The molecular formula is C29H37N7O. The predicted octanol–water partition coefficient (Wildman–Crippen LogP) is 5.33. The van der Waals surface area contributed by atoms with Crippen LogP contribution in [0.2, 0.25) is 0 Å². The van der Waals surface area contributed by atoms with Crippen molar-refractivity contribution in [2.45, 2.75) is 46.7 Å². The van der Waals surface area contributed by atoms with Crippen LogP contribution in [0.5, 0.6) is 0 Å². The van der Waals surface area contributed by atoms with Crippen LogP contribution in [0.25, 0.3) is 0 Å². The van der Waals surface area contributed by atoms with Crippen LogP contribution in [-0.2, 0) is 6.54 Å². The van der Waals surface area contributed by atoms with E-state index in [1.54, 1.807) is 0 Å². The first-order valence-electron chi connectivity index (χ1n) is 13.2. The minimum Gasteiger partial charge on any atom is -0.369 e. The van der Waals surface area contributed by atoms with Gasteiger partial charge in [-0.05, 0) is 69.6 Å². The Bertz CT molecular complexity index is 1250. The molecule has 8 nitrogen and oxygen atoms in total. The molecule has 37 heavy (non-hydrogen) atoms. The van der Waals surface area contributed by atoms with Gasteiger partial charge in [-0.25, -0.2) is 9.78 Å². The number of aromatic nitrogens is 2. The molecule has 194 valence electrons. The minimum absolute atomic E-state index is 0.00370. The number of nitrogens with zero attached hydrogens (tertiary/aromatic N) is 6. The largest absolute Gasteiger partial charge is 0.369 e. The number of urea groups is 1. The van der Waals surface area contributed by atoms with Crippen molar-refractivity contribution in [1.29, 1.82) is 0 Å². The van der Waals surface area contributed by atoms with Crippen LogP contribution in [0.1, 0.15) is 37.0 Å². The zero-order chi connectivity index (χ0) is 26.1. The van der Waals surface area contributed by atoms with Gasteiger partial charge in [0.05, 0.1) is 12.2 Å². The molecule has 1 fully saturated rings. The summed E-state index contributed by atoms with van der Waals surface area (Å²) < 4.78 is 0. The highest BCUT2D eigenvalue weighted by molar-refractivity contribution is 6.06. The Morgan fingerprint density at radius 1 is 1.00 bits per heavy atom. The second-order valence-electron chi connectivity index (χ2n) is 10.2. The molecule has 3 aromatic rings. The van der Waals surface area contributed by atoms with Gasteiger partial charge in [-0.3, -0.25) is 9.80 Å². The molecule has 1 N–H and O–H groups in total. The Morgan fingerprint density at radius 3 is 2.32 bits per heavy atom. The van der Waals surface area contributed by atoms with Gasteiger partial charge in [0.15, 0.2) is 0 Å². The maximum atomic E-state index is 13.8. The molecule has 0 spiro atoms. The Balaban J connectivity index is 1.40. The molecule has 5 rings (SSSR count). The first-order chi connectivity index (χ1) is 17.9. The van der Waals surface area contributed by atoms with E-state index in [1.165, 1.54) is 5.69 Å². The molecule has 8 heteroatoms. The Morgan fingerprint density at radius 2 is 1.68 bits per heavy atom. The first-order valence-corrected chi connectivity index (χ1v) is 13.2. The lowest BCUT2D eigenvalue weighted by atomic mass is 10.1. The molecule has 0 aliphatic carbocycles. The van der Waals surface area contributed by atoms with Gasteiger partial charge in [0, 0.05) is 55.4 Å². The summed E-state index contributed by atoms with van der Waals surface area (Å²) in [6, 6.07) is 14.5. The van der Waals surface area contributed by atoms with Crippen LogP contribution in [-0.4, -0.2) is 60.2 Å². The van der Waals surface area contributed by atoms with Crippen LogP contribution >= 0.6 is 0 Å². The number of carbonyl (C=O) groups excluding carboxylic acids is 1. The van der Waals surface area contributed by atoms with E-state index in [9.17, 15) is 4.79 Å². The number of amides is 2. The second-order valence-corrected chi connectivity index (χ2v) is 10.2. The van der Waals surface area contributed by atoms with Gasteiger partial charge >= 0.3 is 6.03 Å². The van der Waals surface area contributed by atoms with Crippen LogP contribution in [0.4, 0.5) is 33.6 Å². The van der Waals surface area contributed by atoms with E-state index in [4.69, 9.17) is 4.98 Å². The van der Waals surface area contributed by atoms with E-state index in [0.717, 1.165) is 60.7 Å². The van der Waals surface area contributed by atoms with Gasteiger partial charge in [-0.15, -0.1) is 0 Å². The number of para-hydroxylation sites is 1. The highest BCUT2D eigenvalue weighted by Gasteiger charge is 2.36. The van der Waals surface area contributed by atoms with E-state index in [-0.39, 0.29) is 12.1 Å². The molecule has 2 aliphatic heterocycles. The van der Waals surface area contributed by atoms with Gasteiger partial charge in [-0.2, -0.15) is 4.98 Å². The molecule has 2 aliphatic rings. The summed E-state index contributed by atoms with van der Waals surface area (Å²) in [5, 5.41) is 3.34. The monoisotopic (exact) mass is 499 g/mol. The van der Waals surface area contributed by atoms with E-state index in [2.05, 4.69) is 91.2 Å². The molecule has 1 aromatic heterocycles. The van der Waals surface area contributed by atoms with Crippen molar-refractivity contribution in [3.05, 3.63) is 65.4 Å². The van der Waals surface area contributed by atoms with Crippen molar-refractivity contribution < 1.29 is 4.79 Å². The van der Waals surface area contributed by atoms with E-state index < -0.39 is 0 Å². The van der Waals surface area contributed by atoms with E-state index in [0.29, 0.717) is 18.3 Å². The van der Waals surface area contributed by atoms with Gasteiger partial charge in [0.1, 0.15) is 5.82 Å². The average molecular weight is 500 g/mol. The number of likely N-dealkylation sites (N-methyl/N-ethyl adjacent to an activating group) is 1. The number of benzene rings is 2. The lowest BCUT2D eigenvalue weighted by Gasteiger charge is -2.40. The summed E-state index contributed by atoms with van der Waals surface area (Å²) in [5.41, 5.74) is 6.23. The van der Waals surface area contributed by atoms with Crippen molar-refractivity contribution in [2.75, 3.05) is 53.2 Å². The third-order valence-corrected chi connectivity index (χ3v) is 7.57. The highest BCUT2D eigenvalue weighted by Crippen LogP contribution is 2.36. The quantitative estimate of drug-likeness (QED) is 0.494. The van der Waals surface area contributed by atoms with Gasteiger partial charge in [-0.1, -0.05) is 25.1 Å². The van der Waals surface area contributed by atoms with Crippen LogP contribution in [0.3, 0.4) is 0 Å². The molecule has 0 radical (unpaired) electrons. The molecule has 1 saturated heterocycles. The summed E-state index contributed by atoms with van der Waals surface area (Å²) in [6.45, 7) is 13.0. The summed E-state index contributed by atoms with van der Waals surface area (Å²) in [5.74, 6) is 1.18. The number of nitrogens with one attached hydrogen (secondary N) is 1. The van der Waals surface area contributed by atoms with E-state index in [1.807, 2.05) is 22.1 Å². The van der Waals surface area contributed by atoms with Crippen LogP contribution in [0.15, 0.2) is 48.7 Å². The lowest BCUT2D eigenvalue weighted by Crippen LogP contribution is -2.52. The number of hydrogen-bond acceptors (Lipinski definition) is 6. The van der Waals surface area contributed by atoms with Gasteiger partial charge in [0.2, 0.25) is 5.95 Å². The van der Waals surface area contributed by atoms with Crippen molar-refractivity contribution in [1.82, 2.24) is 14.9 Å². The van der Waals surface area contributed by atoms with Crippen molar-refractivity contribution in [2.24, 2.45) is 0 Å². The molecule has 2 amide bonds.